The van der Waals surface area contributed by atoms with Crippen LogP contribution in [0.15, 0.2) is 102 Å². The Hall–Kier alpha value is -5.72. The van der Waals surface area contributed by atoms with Gasteiger partial charge in [0.1, 0.15) is 24.1 Å². The number of thioether (sulfide) groups is 1. The maximum absolute atomic E-state index is 13.3. The van der Waals surface area contributed by atoms with Gasteiger partial charge >= 0.3 is 0 Å². The van der Waals surface area contributed by atoms with Crippen molar-refractivity contribution in [3.05, 3.63) is 125 Å². The summed E-state index contributed by atoms with van der Waals surface area (Å²) >= 11 is 1.36. The summed E-state index contributed by atoms with van der Waals surface area (Å²) in [4.78, 5) is 66.3. The van der Waals surface area contributed by atoms with Crippen LogP contribution in [0.5, 0.6) is 11.5 Å². The van der Waals surface area contributed by atoms with Crippen LogP contribution in [0.25, 0.3) is 11.1 Å². The highest BCUT2D eigenvalue weighted by Gasteiger charge is 2.45. The number of piperidine rings is 1. The molecule has 0 radical (unpaired) electrons. The Balaban J connectivity index is 0.946. The molecule has 1 saturated heterocycles. The second kappa shape index (κ2) is 18.1. The molecular weight excluding hydrogens is 719 g/mol. The number of nitrogens with one attached hydrogen (secondary N) is 1. The van der Waals surface area contributed by atoms with E-state index in [1.807, 2.05) is 54.6 Å². The minimum absolute atomic E-state index is 0.0582. The van der Waals surface area contributed by atoms with E-state index < -0.39 is 29.7 Å². The molecule has 1 atom stereocenters. The largest absolute Gasteiger partial charge is 0.508 e. The van der Waals surface area contributed by atoms with Gasteiger partial charge in [-0.15, -0.1) is 11.8 Å². The zero-order valence-corrected chi connectivity index (χ0v) is 31.6. The topological polar surface area (TPSA) is 143 Å². The van der Waals surface area contributed by atoms with Crippen LogP contribution in [0.3, 0.4) is 0 Å². The Morgan fingerprint density at radius 3 is 2.25 bits per heavy atom. The van der Waals surface area contributed by atoms with Crippen molar-refractivity contribution in [2.24, 2.45) is 0 Å². The van der Waals surface area contributed by atoms with Gasteiger partial charge in [0.2, 0.25) is 17.7 Å². The lowest BCUT2D eigenvalue weighted by atomic mass is 9.88. The van der Waals surface area contributed by atoms with E-state index in [4.69, 9.17) is 9.47 Å². The summed E-state index contributed by atoms with van der Waals surface area (Å²) in [7, 11) is 1.72. The van der Waals surface area contributed by atoms with Gasteiger partial charge < -0.3 is 19.5 Å². The second-order valence-corrected chi connectivity index (χ2v) is 14.3. The van der Waals surface area contributed by atoms with E-state index in [1.165, 1.54) is 17.3 Å². The van der Waals surface area contributed by atoms with E-state index in [1.54, 1.807) is 42.3 Å². The molecule has 0 spiro atoms. The third kappa shape index (κ3) is 9.15. The number of phenolic OH excluding ortho intramolecular Hbond substituents is 1. The molecule has 1 unspecified atom stereocenters. The molecule has 2 aliphatic rings. The van der Waals surface area contributed by atoms with Crippen molar-refractivity contribution in [2.75, 3.05) is 39.2 Å². The standard InChI is InChI=1S/C43H43N3O8S/c1-3-33(28-8-5-4-6-9-28)39(29-12-16-31(47)17-13-29)30-14-18-32(19-15-30)54-25-23-45(2)38(49)22-24-53-26-27-55-36-11-7-10-34-40(36)43(52)46(42(34)51)35-20-21-37(48)44-41(35)50/h4-19,35,47H,3,20-27H2,1-2H3,(H,44,48,50)/b39-33-. The summed E-state index contributed by atoms with van der Waals surface area (Å²) in [6.07, 6.45) is 1.16. The monoisotopic (exact) mass is 761 g/mol. The normalized spacial score (nSPS) is 15.7. The Morgan fingerprint density at radius 2 is 1.56 bits per heavy atom. The van der Waals surface area contributed by atoms with Crippen molar-refractivity contribution < 1.29 is 38.6 Å². The molecule has 4 aromatic rings. The maximum atomic E-state index is 13.3. The van der Waals surface area contributed by atoms with Gasteiger partial charge in [-0.2, -0.15) is 0 Å². The third-order valence-electron chi connectivity index (χ3n) is 9.57. The molecule has 2 heterocycles. The van der Waals surface area contributed by atoms with Crippen molar-refractivity contribution >= 4 is 52.4 Å². The van der Waals surface area contributed by atoms with E-state index in [9.17, 15) is 29.1 Å². The van der Waals surface area contributed by atoms with Gasteiger partial charge in [-0.3, -0.25) is 34.2 Å². The molecule has 0 aliphatic carbocycles. The number of fused-ring (bicyclic) bond motifs is 1. The molecule has 11 nitrogen and oxygen atoms in total. The van der Waals surface area contributed by atoms with Gasteiger partial charge in [0.15, 0.2) is 0 Å². The Kier molecular flexibility index (Phi) is 12.8. The number of hydrogen-bond donors (Lipinski definition) is 2. The molecule has 1 fully saturated rings. The lowest BCUT2D eigenvalue weighted by molar-refractivity contribution is -0.136. The van der Waals surface area contributed by atoms with Crippen LogP contribution in [0.2, 0.25) is 0 Å². The number of phenols is 1. The fraction of sp³-hybridized carbons (Fsp3) is 0.279. The zero-order valence-electron chi connectivity index (χ0n) is 30.8. The SMILES string of the molecule is CC/C(=C(\c1ccc(O)cc1)c1ccc(OCCN(C)C(=O)CCOCCSc2cccc3c2C(=O)N(C2CCC(=O)NC2=O)C3=O)cc1)c1ccccc1. The minimum atomic E-state index is -1.02. The Morgan fingerprint density at radius 1 is 0.855 bits per heavy atom. The van der Waals surface area contributed by atoms with E-state index in [2.05, 4.69) is 24.4 Å². The number of carbonyl (C=O) groups is 5. The molecule has 0 bridgehead atoms. The van der Waals surface area contributed by atoms with Gasteiger partial charge in [-0.1, -0.05) is 67.6 Å². The average Bonchev–Trinajstić information content (AvgIpc) is 3.45. The highest BCUT2D eigenvalue weighted by atomic mass is 32.2. The summed E-state index contributed by atoms with van der Waals surface area (Å²) in [6, 6.07) is 29.4. The molecule has 5 amide bonds. The number of hydrogen-bond acceptors (Lipinski definition) is 9. The van der Waals surface area contributed by atoms with Crippen LogP contribution in [0, 0.1) is 0 Å². The Labute approximate surface area is 324 Å². The van der Waals surface area contributed by atoms with Gasteiger partial charge in [-0.05, 0) is 77.1 Å². The number of carbonyl (C=O) groups excluding carboxylic acids is 5. The van der Waals surface area contributed by atoms with E-state index in [-0.39, 0.29) is 48.7 Å². The average molecular weight is 762 g/mol. The number of likely N-dealkylation sites (N-methyl/N-ethyl adjacent to an activating group) is 1. The highest BCUT2D eigenvalue weighted by molar-refractivity contribution is 7.99. The molecule has 2 N–H and O–H groups in total. The van der Waals surface area contributed by atoms with Crippen LogP contribution in [-0.2, 0) is 19.1 Å². The van der Waals surface area contributed by atoms with Crippen molar-refractivity contribution in [1.29, 1.82) is 0 Å². The molecular formula is C43H43N3O8S. The van der Waals surface area contributed by atoms with Gasteiger partial charge in [-0.25, -0.2) is 0 Å². The molecule has 4 aromatic carbocycles. The highest BCUT2D eigenvalue weighted by Crippen LogP contribution is 2.36. The first-order valence-electron chi connectivity index (χ1n) is 18.3. The van der Waals surface area contributed by atoms with Crippen molar-refractivity contribution in [3.63, 3.8) is 0 Å². The summed E-state index contributed by atoms with van der Waals surface area (Å²) in [5.41, 5.74) is 5.92. The van der Waals surface area contributed by atoms with Crippen LogP contribution < -0.4 is 10.1 Å². The molecule has 12 heteroatoms. The Bertz CT molecular complexity index is 2080. The summed E-state index contributed by atoms with van der Waals surface area (Å²) in [5.74, 6) is -0.863. The predicted octanol–water partition coefficient (Wildman–Crippen LogP) is 6.20. The van der Waals surface area contributed by atoms with Gasteiger partial charge in [0.25, 0.3) is 11.8 Å². The number of nitrogens with zero attached hydrogens (tertiary/aromatic N) is 2. The fourth-order valence-corrected chi connectivity index (χ4v) is 7.66. The van der Waals surface area contributed by atoms with Crippen molar-refractivity contribution in [1.82, 2.24) is 15.1 Å². The minimum Gasteiger partial charge on any atom is -0.508 e. The number of ether oxygens (including phenoxy) is 2. The molecule has 55 heavy (non-hydrogen) atoms. The molecule has 0 aromatic heterocycles. The van der Waals surface area contributed by atoms with Crippen LogP contribution >= 0.6 is 11.8 Å². The fourth-order valence-electron chi connectivity index (χ4n) is 6.72. The zero-order chi connectivity index (χ0) is 38.9. The quantitative estimate of drug-likeness (QED) is 0.0591. The number of allylic oxidation sites excluding steroid dienone is 1. The molecule has 0 saturated carbocycles. The number of amides is 5. The summed E-state index contributed by atoms with van der Waals surface area (Å²) < 4.78 is 11.7. The van der Waals surface area contributed by atoms with E-state index in [0.29, 0.717) is 36.2 Å². The lowest BCUT2D eigenvalue weighted by Crippen LogP contribution is -2.54. The lowest BCUT2D eigenvalue weighted by Gasteiger charge is -2.27. The second-order valence-electron chi connectivity index (χ2n) is 13.1. The van der Waals surface area contributed by atoms with E-state index in [0.717, 1.165) is 33.6 Å². The number of imide groups is 2. The van der Waals surface area contributed by atoms with E-state index >= 15 is 0 Å². The first kappa shape index (κ1) is 39.0. The van der Waals surface area contributed by atoms with Gasteiger partial charge in [0.05, 0.1) is 37.3 Å². The first-order chi connectivity index (χ1) is 26.7. The van der Waals surface area contributed by atoms with Crippen molar-refractivity contribution in [3.8, 4) is 11.5 Å². The third-order valence-corrected chi connectivity index (χ3v) is 10.6. The van der Waals surface area contributed by atoms with Gasteiger partial charge in [0, 0.05) is 24.1 Å². The smallest absolute Gasteiger partial charge is 0.263 e. The van der Waals surface area contributed by atoms with Crippen LogP contribution in [-0.4, -0.2) is 89.7 Å². The molecule has 284 valence electrons. The number of benzene rings is 4. The van der Waals surface area contributed by atoms with Crippen molar-refractivity contribution in [2.45, 2.75) is 43.5 Å². The first-order valence-corrected chi connectivity index (χ1v) is 19.2. The molecule has 6 rings (SSSR count). The summed E-state index contributed by atoms with van der Waals surface area (Å²) in [6.45, 7) is 3.38. The number of rotatable bonds is 16. The predicted molar refractivity (Wildman–Crippen MR) is 210 cm³/mol. The maximum Gasteiger partial charge on any atom is 0.263 e. The number of aromatic hydroxyl groups is 1. The van der Waals surface area contributed by atoms with Crippen LogP contribution in [0.4, 0.5) is 0 Å². The summed E-state index contributed by atoms with van der Waals surface area (Å²) in [5, 5.41) is 12.1. The molecule has 2 aliphatic heterocycles. The van der Waals surface area contributed by atoms with Crippen LogP contribution in [0.1, 0.15) is 70.0 Å².